The van der Waals surface area contributed by atoms with Gasteiger partial charge in [0.15, 0.2) is 5.25 Å². The van der Waals surface area contributed by atoms with Crippen molar-refractivity contribution in [3.63, 3.8) is 0 Å². The third kappa shape index (κ3) is 3.42. The van der Waals surface area contributed by atoms with Gasteiger partial charge in [-0.3, -0.25) is 9.35 Å². The zero-order chi connectivity index (χ0) is 17.8. The van der Waals surface area contributed by atoms with Gasteiger partial charge in [0.2, 0.25) is 0 Å². The molecule has 0 aromatic carbocycles. The maximum absolute atomic E-state index is 12.7. The van der Waals surface area contributed by atoms with E-state index in [1.807, 2.05) is 0 Å². The second-order valence-electron chi connectivity index (χ2n) is 7.67. The molecule has 9 heteroatoms. The van der Waals surface area contributed by atoms with Crippen LogP contribution in [0.2, 0.25) is 0 Å². The highest BCUT2D eigenvalue weighted by molar-refractivity contribution is 7.86. The average Bonchev–Trinajstić information content (AvgIpc) is 2.38. The molecule has 0 radical (unpaired) electrons. The first-order chi connectivity index (χ1) is 11.0. The topological polar surface area (TPSA) is 80.7 Å². The standard InChI is InChI=1S/C15H21F3O5S/c16-15(17,18)12(24(20,21)22)1-2-23-13(19)14-6-9-3-10(7-14)5-11(4-9)8-14/h9-12H,1-8H2,(H,20,21,22). The lowest BCUT2D eigenvalue weighted by molar-refractivity contribution is -0.173. The number of alkyl halides is 3. The van der Waals surface area contributed by atoms with Crippen molar-refractivity contribution in [1.82, 2.24) is 0 Å². The lowest BCUT2D eigenvalue weighted by Crippen LogP contribution is -2.50. The molecular weight excluding hydrogens is 349 g/mol. The predicted molar refractivity (Wildman–Crippen MR) is 77.6 cm³/mol. The summed E-state index contributed by atoms with van der Waals surface area (Å²) < 4.78 is 73.5. The molecule has 0 aromatic heterocycles. The fraction of sp³-hybridized carbons (Fsp3) is 0.933. The number of ether oxygens (including phenoxy) is 1. The van der Waals surface area contributed by atoms with Crippen molar-refractivity contribution in [1.29, 1.82) is 0 Å². The van der Waals surface area contributed by atoms with E-state index in [-0.39, 0.29) is 0 Å². The molecule has 4 aliphatic carbocycles. The first-order valence-corrected chi connectivity index (χ1v) is 9.70. The molecule has 4 fully saturated rings. The molecule has 0 aromatic rings. The van der Waals surface area contributed by atoms with Crippen LogP contribution in [0.1, 0.15) is 44.9 Å². The van der Waals surface area contributed by atoms with E-state index in [2.05, 4.69) is 0 Å². The van der Waals surface area contributed by atoms with E-state index in [9.17, 15) is 26.4 Å². The summed E-state index contributed by atoms with van der Waals surface area (Å²) in [5.74, 6) is 0.969. The SMILES string of the molecule is O=C(OCCC(C(F)(F)F)S(=O)(=O)O)C12CC3CC(CC(C3)C1)C2. The molecule has 4 aliphatic rings. The van der Waals surface area contributed by atoms with Gasteiger partial charge in [-0.2, -0.15) is 21.6 Å². The molecule has 0 aliphatic heterocycles. The largest absolute Gasteiger partial charge is 0.465 e. The van der Waals surface area contributed by atoms with E-state index in [4.69, 9.17) is 9.29 Å². The Morgan fingerprint density at radius 2 is 1.58 bits per heavy atom. The summed E-state index contributed by atoms with van der Waals surface area (Å²) in [6, 6.07) is 0. The van der Waals surface area contributed by atoms with Crippen molar-refractivity contribution >= 4 is 16.1 Å². The van der Waals surface area contributed by atoms with Gasteiger partial charge in [-0.05, 0) is 56.3 Å². The number of carbonyl (C=O) groups is 1. The third-order valence-electron chi connectivity index (χ3n) is 5.81. The zero-order valence-corrected chi connectivity index (χ0v) is 13.9. The minimum absolute atomic E-state index is 0.490. The number of hydrogen-bond acceptors (Lipinski definition) is 4. The third-order valence-corrected chi connectivity index (χ3v) is 7.03. The summed E-state index contributed by atoms with van der Waals surface area (Å²) in [5, 5.41) is -2.92. The van der Waals surface area contributed by atoms with Crippen molar-refractivity contribution in [2.75, 3.05) is 6.61 Å². The molecule has 138 valence electrons. The molecule has 4 rings (SSSR count). The van der Waals surface area contributed by atoms with Crippen LogP contribution in [0.4, 0.5) is 13.2 Å². The minimum Gasteiger partial charge on any atom is -0.465 e. The van der Waals surface area contributed by atoms with Gasteiger partial charge in [-0.25, -0.2) is 0 Å². The van der Waals surface area contributed by atoms with E-state index >= 15 is 0 Å². The Kier molecular flexibility index (Phi) is 4.39. The summed E-state index contributed by atoms with van der Waals surface area (Å²) in [7, 11) is -5.28. The molecule has 1 unspecified atom stereocenters. The zero-order valence-electron chi connectivity index (χ0n) is 13.1. The molecule has 1 N–H and O–H groups in total. The molecule has 1 atom stereocenters. The molecule has 4 saturated carbocycles. The van der Waals surface area contributed by atoms with Crippen LogP contribution in [0.25, 0.3) is 0 Å². The van der Waals surface area contributed by atoms with Crippen molar-refractivity contribution in [3.05, 3.63) is 0 Å². The smallest absolute Gasteiger partial charge is 0.407 e. The number of carbonyl (C=O) groups excluding carboxylic acids is 1. The van der Waals surface area contributed by atoms with E-state index < -0.39 is 46.0 Å². The second kappa shape index (κ2) is 5.86. The number of halogens is 3. The quantitative estimate of drug-likeness (QED) is 0.594. The number of hydrogen-bond donors (Lipinski definition) is 1. The molecule has 5 nitrogen and oxygen atoms in total. The highest BCUT2D eigenvalue weighted by atomic mass is 32.2. The van der Waals surface area contributed by atoms with E-state index in [0.717, 1.165) is 38.5 Å². The molecule has 24 heavy (non-hydrogen) atoms. The van der Waals surface area contributed by atoms with E-state index in [0.29, 0.717) is 17.8 Å². The summed E-state index contributed by atoms with van der Waals surface area (Å²) in [6.45, 7) is -0.662. The maximum atomic E-state index is 12.7. The highest BCUT2D eigenvalue weighted by Gasteiger charge is 2.55. The van der Waals surface area contributed by atoms with Gasteiger partial charge in [0.05, 0.1) is 12.0 Å². The van der Waals surface area contributed by atoms with Crippen molar-refractivity contribution in [2.24, 2.45) is 23.2 Å². The van der Waals surface area contributed by atoms with Gasteiger partial charge in [0.1, 0.15) is 0 Å². The normalized spacial score (nSPS) is 36.6. The van der Waals surface area contributed by atoms with Gasteiger partial charge in [0, 0.05) is 6.42 Å². The van der Waals surface area contributed by atoms with Crippen LogP contribution < -0.4 is 0 Å². The van der Waals surface area contributed by atoms with E-state index in [1.54, 1.807) is 0 Å². The Bertz CT molecular complexity index is 578. The Morgan fingerprint density at radius 3 is 1.96 bits per heavy atom. The van der Waals surface area contributed by atoms with E-state index in [1.165, 1.54) is 0 Å². The lowest BCUT2D eigenvalue weighted by Gasteiger charge is -2.55. The monoisotopic (exact) mass is 370 g/mol. The average molecular weight is 370 g/mol. The highest BCUT2D eigenvalue weighted by Crippen LogP contribution is 2.60. The van der Waals surface area contributed by atoms with Crippen LogP contribution in [0.5, 0.6) is 0 Å². The van der Waals surface area contributed by atoms with Crippen molar-refractivity contribution < 1.29 is 35.7 Å². The van der Waals surface area contributed by atoms with Crippen LogP contribution in [-0.2, 0) is 19.6 Å². The summed E-state index contributed by atoms with van der Waals surface area (Å²) in [4.78, 5) is 12.5. The van der Waals surface area contributed by atoms with Gasteiger partial charge in [-0.1, -0.05) is 0 Å². The number of rotatable bonds is 5. The first kappa shape index (κ1) is 18.0. The van der Waals surface area contributed by atoms with Gasteiger partial charge in [0.25, 0.3) is 10.1 Å². The Morgan fingerprint density at radius 1 is 1.12 bits per heavy atom. The van der Waals surface area contributed by atoms with Crippen LogP contribution in [0, 0.1) is 23.2 Å². The predicted octanol–water partition coefficient (Wildman–Crippen LogP) is 2.95. The van der Waals surface area contributed by atoms with Crippen molar-refractivity contribution in [2.45, 2.75) is 56.4 Å². The lowest BCUT2D eigenvalue weighted by atomic mass is 9.49. The first-order valence-electron chi connectivity index (χ1n) is 8.20. The summed E-state index contributed by atoms with van der Waals surface area (Å²) >= 11 is 0. The Balaban J connectivity index is 1.60. The minimum atomic E-state index is -5.28. The van der Waals surface area contributed by atoms with Crippen molar-refractivity contribution in [3.8, 4) is 0 Å². The fourth-order valence-electron chi connectivity index (χ4n) is 5.25. The second-order valence-corrected chi connectivity index (χ2v) is 9.27. The molecule has 4 bridgehead atoms. The van der Waals surface area contributed by atoms with Crippen LogP contribution in [-0.4, -0.2) is 37.0 Å². The Labute approximate surface area is 138 Å². The molecule has 0 saturated heterocycles. The van der Waals surface area contributed by atoms with Gasteiger partial charge in [-0.15, -0.1) is 0 Å². The summed E-state index contributed by atoms with van der Waals surface area (Å²) in [6.07, 6.45) is -0.570. The molecule has 0 spiro atoms. The Hall–Kier alpha value is -0.830. The number of esters is 1. The maximum Gasteiger partial charge on any atom is 0.407 e. The molecule has 0 heterocycles. The molecular formula is C15H21F3O5S. The van der Waals surface area contributed by atoms with Crippen LogP contribution in [0.3, 0.4) is 0 Å². The summed E-state index contributed by atoms with van der Waals surface area (Å²) in [5.41, 5.74) is -0.597. The van der Waals surface area contributed by atoms with Gasteiger partial charge < -0.3 is 4.74 Å². The fourth-order valence-corrected chi connectivity index (χ4v) is 5.99. The van der Waals surface area contributed by atoms with Gasteiger partial charge >= 0.3 is 12.1 Å². The molecule has 0 amide bonds. The van der Waals surface area contributed by atoms with Crippen LogP contribution >= 0.6 is 0 Å². The van der Waals surface area contributed by atoms with Crippen LogP contribution in [0.15, 0.2) is 0 Å².